The minimum atomic E-state index is -1.28. The first kappa shape index (κ1) is 15.4. The van der Waals surface area contributed by atoms with Crippen LogP contribution < -0.4 is 11.2 Å². The molecule has 0 spiro atoms. The van der Waals surface area contributed by atoms with Crippen LogP contribution in [0, 0.1) is 0 Å². The van der Waals surface area contributed by atoms with Gasteiger partial charge < -0.3 is 24.3 Å². The van der Waals surface area contributed by atoms with E-state index in [0.29, 0.717) is 0 Å². The second kappa shape index (κ2) is 5.80. The number of nitrogens with one attached hydrogen (secondary N) is 1. The number of carbonyl (C=O) groups excluding carboxylic acids is 1. The number of hydrogen-bond acceptors (Lipinski definition) is 7. The summed E-state index contributed by atoms with van der Waals surface area (Å²) in [6.07, 6.45) is -3.24. The number of nitrogens with zero attached hydrogens (tertiary/aromatic N) is 1. The molecule has 4 atom stereocenters. The molecule has 0 aliphatic carbocycles. The number of aromatic amines is 1. The molecule has 1 aliphatic heterocycles. The molecule has 1 fully saturated rings. The summed E-state index contributed by atoms with van der Waals surface area (Å²) in [5, 5.41) is 19.2. The van der Waals surface area contributed by atoms with Crippen molar-refractivity contribution in [3.05, 3.63) is 32.6 Å². The molecule has 9 heteroatoms. The highest BCUT2D eigenvalue weighted by molar-refractivity contribution is 5.66. The van der Waals surface area contributed by atoms with Crippen LogP contribution in [0.1, 0.15) is 18.6 Å². The second-order valence-electron chi connectivity index (χ2n) is 4.80. The smallest absolute Gasteiger partial charge is 0.328 e. The molecule has 0 bridgehead atoms. The van der Waals surface area contributed by atoms with Crippen LogP contribution in [0.4, 0.5) is 0 Å². The van der Waals surface area contributed by atoms with Gasteiger partial charge in [-0.3, -0.25) is 14.6 Å². The van der Waals surface area contributed by atoms with E-state index >= 15 is 0 Å². The molecule has 2 rings (SSSR count). The summed E-state index contributed by atoms with van der Waals surface area (Å²) in [5.41, 5.74) is -1.28. The maximum atomic E-state index is 11.9. The van der Waals surface area contributed by atoms with Gasteiger partial charge in [-0.1, -0.05) is 0 Å². The van der Waals surface area contributed by atoms with Gasteiger partial charge in [-0.05, 0) is 0 Å². The van der Waals surface area contributed by atoms with Gasteiger partial charge in [0.05, 0.1) is 12.2 Å². The Kier molecular flexibility index (Phi) is 4.26. The lowest BCUT2D eigenvalue weighted by Gasteiger charge is -2.19. The zero-order chi connectivity index (χ0) is 15.7. The fourth-order valence-electron chi connectivity index (χ4n) is 2.25. The van der Waals surface area contributed by atoms with Crippen LogP contribution in [0.25, 0.3) is 0 Å². The van der Waals surface area contributed by atoms with Crippen LogP contribution >= 0.6 is 0 Å². The molecule has 0 saturated carbocycles. The number of H-pyrrole nitrogens is 1. The fraction of sp³-hybridized carbons (Fsp3) is 0.583. The van der Waals surface area contributed by atoms with Crippen LogP contribution in [-0.2, 0) is 21.3 Å². The molecule has 0 radical (unpaired) electrons. The van der Waals surface area contributed by atoms with E-state index in [1.54, 1.807) is 0 Å². The summed E-state index contributed by atoms with van der Waals surface area (Å²) in [4.78, 5) is 36.4. The zero-order valence-corrected chi connectivity index (χ0v) is 11.5. The van der Waals surface area contributed by atoms with Crippen molar-refractivity contribution in [2.75, 3.05) is 6.61 Å². The predicted molar refractivity (Wildman–Crippen MR) is 68.6 cm³/mol. The molecule has 1 aromatic rings. The highest BCUT2D eigenvalue weighted by atomic mass is 16.6. The largest absolute Gasteiger partial charge is 0.457 e. The Bertz CT molecular complexity index is 650. The lowest BCUT2D eigenvalue weighted by molar-refractivity contribution is -0.153. The molecule has 3 N–H and O–H groups in total. The number of hydrogen-bond donors (Lipinski definition) is 3. The average Bonchev–Trinajstić information content (AvgIpc) is 2.71. The van der Waals surface area contributed by atoms with Gasteiger partial charge in [0.1, 0.15) is 18.3 Å². The van der Waals surface area contributed by atoms with Crippen molar-refractivity contribution in [3.63, 3.8) is 0 Å². The Balaban J connectivity index is 2.45. The highest BCUT2D eigenvalue weighted by Crippen LogP contribution is 2.33. The number of aryl methyl sites for hydroxylation is 1. The molecule has 0 aromatic carbocycles. The molecular weight excluding hydrogens is 284 g/mol. The number of carbonyl (C=O) groups is 1. The standard InChI is InChI=1S/C12H16N2O7/c1-5(16)20-10-8(17)7(4-15)21-9(10)6-3-14(2)12(19)13-11(6)18/h3,7-10,15,17H,4H2,1-2H3,(H,13,18,19)/t7-,8-,9+,10-/m1/s1. The van der Waals surface area contributed by atoms with Crippen molar-refractivity contribution in [1.82, 2.24) is 9.55 Å². The van der Waals surface area contributed by atoms with E-state index in [2.05, 4.69) is 4.98 Å². The van der Waals surface area contributed by atoms with Crippen molar-refractivity contribution in [1.29, 1.82) is 0 Å². The zero-order valence-electron chi connectivity index (χ0n) is 11.5. The molecule has 2 heterocycles. The van der Waals surface area contributed by atoms with Crippen molar-refractivity contribution in [2.24, 2.45) is 7.05 Å². The van der Waals surface area contributed by atoms with E-state index in [4.69, 9.17) is 14.6 Å². The van der Waals surface area contributed by atoms with E-state index < -0.39 is 48.2 Å². The maximum Gasteiger partial charge on any atom is 0.328 e. The SMILES string of the molecule is CC(=O)O[C@@H]1[C@H](O)[C@@H](CO)O[C@H]1c1cn(C)c(=O)[nH]c1=O. The number of aliphatic hydroxyl groups is 2. The van der Waals surface area contributed by atoms with E-state index in [9.17, 15) is 19.5 Å². The van der Waals surface area contributed by atoms with Crippen LogP contribution in [0.3, 0.4) is 0 Å². The average molecular weight is 300 g/mol. The van der Waals surface area contributed by atoms with Gasteiger partial charge in [0.2, 0.25) is 0 Å². The summed E-state index contributed by atoms with van der Waals surface area (Å²) in [7, 11) is 1.43. The van der Waals surface area contributed by atoms with Crippen LogP contribution in [0.2, 0.25) is 0 Å². The molecular formula is C12H16N2O7. The van der Waals surface area contributed by atoms with Gasteiger partial charge in [-0.2, -0.15) is 0 Å². The van der Waals surface area contributed by atoms with Gasteiger partial charge in [0.25, 0.3) is 5.56 Å². The Morgan fingerprint density at radius 1 is 1.52 bits per heavy atom. The van der Waals surface area contributed by atoms with E-state index in [0.717, 1.165) is 11.5 Å². The van der Waals surface area contributed by atoms with Gasteiger partial charge in [0, 0.05) is 20.2 Å². The Labute approximate surface area is 118 Å². The highest BCUT2D eigenvalue weighted by Gasteiger charge is 2.47. The minimum Gasteiger partial charge on any atom is -0.457 e. The van der Waals surface area contributed by atoms with E-state index in [1.807, 2.05) is 0 Å². The summed E-state index contributed by atoms with van der Waals surface area (Å²) >= 11 is 0. The van der Waals surface area contributed by atoms with Crippen molar-refractivity contribution >= 4 is 5.97 Å². The van der Waals surface area contributed by atoms with Crippen LogP contribution in [0.5, 0.6) is 0 Å². The molecule has 9 nitrogen and oxygen atoms in total. The molecule has 0 amide bonds. The topological polar surface area (TPSA) is 131 Å². The number of aliphatic hydroxyl groups excluding tert-OH is 2. The number of aromatic nitrogens is 2. The molecule has 1 aliphatic rings. The van der Waals surface area contributed by atoms with Gasteiger partial charge in [-0.15, -0.1) is 0 Å². The van der Waals surface area contributed by atoms with Crippen LogP contribution in [0.15, 0.2) is 15.8 Å². The molecule has 0 unspecified atom stereocenters. The molecule has 1 aromatic heterocycles. The van der Waals surface area contributed by atoms with Crippen LogP contribution in [-0.4, -0.2) is 50.7 Å². The van der Waals surface area contributed by atoms with E-state index in [-0.39, 0.29) is 5.56 Å². The maximum absolute atomic E-state index is 11.9. The Morgan fingerprint density at radius 2 is 2.19 bits per heavy atom. The number of esters is 1. The van der Waals surface area contributed by atoms with E-state index in [1.165, 1.54) is 13.2 Å². The Hall–Kier alpha value is -1.97. The fourth-order valence-corrected chi connectivity index (χ4v) is 2.25. The summed E-state index contributed by atoms with van der Waals surface area (Å²) in [5.74, 6) is -0.660. The first-order valence-electron chi connectivity index (χ1n) is 6.26. The normalized spacial score (nSPS) is 28.6. The summed E-state index contributed by atoms with van der Waals surface area (Å²) in [6.45, 7) is 0.653. The Morgan fingerprint density at radius 3 is 2.76 bits per heavy atom. The first-order valence-corrected chi connectivity index (χ1v) is 6.26. The van der Waals surface area contributed by atoms with Gasteiger partial charge >= 0.3 is 11.7 Å². The second-order valence-corrected chi connectivity index (χ2v) is 4.80. The summed E-state index contributed by atoms with van der Waals surface area (Å²) < 4.78 is 11.5. The first-order chi connectivity index (χ1) is 9.85. The van der Waals surface area contributed by atoms with Gasteiger partial charge in [-0.25, -0.2) is 4.79 Å². The monoisotopic (exact) mass is 300 g/mol. The third kappa shape index (κ3) is 2.89. The number of rotatable bonds is 3. The summed E-state index contributed by atoms with van der Waals surface area (Å²) in [6, 6.07) is 0. The van der Waals surface area contributed by atoms with Crippen molar-refractivity contribution in [3.8, 4) is 0 Å². The van der Waals surface area contributed by atoms with Gasteiger partial charge in [0.15, 0.2) is 6.10 Å². The predicted octanol–water partition coefficient (Wildman–Crippen LogP) is -2.20. The lowest BCUT2D eigenvalue weighted by atomic mass is 10.0. The molecule has 21 heavy (non-hydrogen) atoms. The third-order valence-corrected chi connectivity index (χ3v) is 3.26. The number of ether oxygens (including phenoxy) is 2. The molecule has 116 valence electrons. The quantitative estimate of drug-likeness (QED) is 0.540. The minimum absolute atomic E-state index is 0.0263. The van der Waals surface area contributed by atoms with Crippen molar-refractivity contribution in [2.45, 2.75) is 31.3 Å². The van der Waals surface area contributed by atoms with Crippen molar-refractivity contribution < 1.29 is 24.5 Å². The third-order valence-electron chi connectivity index (χ3n) is 3.26. The molecule has 1 saturated heterocycles. The lowest BCUT2D eigenvalue weighted by Crippen LogP contribution is -2.37.